The predicted octanol–water partition coefficient (Wildman–Crippen LogP) is 2.90. The molecule has 0 radical (unpaired) electrons. The molecule has 1 amide bonds. The summed E-state index contributed by atoms with van der Waals surface area (Å²) in [7, 11) is 0. The van der Waals surface area contributed by atoms with Crippen molar-refractivity contribution in [1.82, 2.24) is 5.32 Å². The van der Waals surface area contributed by atoms with Crippen LogP contribution in [0.2, 0.25) is 0 Å². The molecule has 0 aliphatic heterocycles. The van der Waals surface area contributed by atoms with E-state index < -0.39 is 0 Å². The van der Waals surface area contributed by atoms with E-state index in [4.69, 9.17) is 0 Å². The van der Waals surface area contributed by atoms with Crippen molar-refractivity contribution in [2.75, 3.05) is 6.54 Å². The lowest BCUT2D eigenvalue weighted by Gasteiger charge is -2.07. The van der Waals surface area contributed by atoms with Crippen LogP contribution < -0.4 is 5.32 Å². The standard InChI is InChI=1S/C12H14BrNO/c1-8-3-2-4-10(11(8)13)12(15)14-7-9-5-6-9/h2-4,9H,5-7H2,1H3,(H,14,15). The molecular formula is C12H14BrNO. The summed E-state index contributed by atoms with van der Waals surface area (Å²) in [6, 6.07) is 5.74. The van der Waals surface area contributed by atoms with Crippen LogP contribution in [0.3, 0.4) is 0 Å². The molecule has 1 aliphatic carbocycles. The molecule has 1 fully saturated rings. The second-order valence-electron chi connectivity index (χ2n) is 4.09. The topological polar surface area (TPSA) is 29.1 Å². The lowest BCUT2D eigenvalue weighted by molar-refractivity contribution is 0.0951. The first-order valence-electron chi connectivity index (χ1n) is 5.22. The predicted molar refractivity (Wildman–Crippen MR) is 63.9 cm³/mol. The quantitative estimate of drug-likeness (QED) is 0.897. The third-order valence-corrected chi connectivity index (χ3v) is 3.74. The first-order chi connectivity index (χ1) is 7.18. The van der Waals surface area contributed by atoms with Crippen LogP contribution in [0.5, 0.6) is 0 Å². The smallest absolute Gasteiger partial charge is 0.252 e. The van der Waals surface area contributed by atoms with E-state index in [0.717, 1.165) is 28.1 Å². The van der Waals surface area contributed by atoms with Crippen LogP contribution >= 0.6 is 15.9 Å². The Bertz CT molecular complexity index is 385. The van der Waals surface area contributed by atoms with Gasteiger partial charge < -0.3 is 5.32 Å². The van der Waals surface area contributed by atoms with Crippen LogP contribution in [-0.2, 0) is 0 Å². The van der Waals surface area contributed by atoms with E-state index in [9.17, 15) is 4.79 Å². The van der Waals surface area contributed by atoms with Crippen LogP contribution in [0.4, 0.5) is 0 Å². The van der Waals surface area contributed by atoms with Gasteiger partial charge >= 0.3 is 0 Å². The summed E-state index contributed by atoms with van der Waals surface area (Å²) in [4.78, 5) is 11.8. The summed E-state index contributed by atoms with van der Waals surface area (Å²) in [5, 5.41) is 2.96. The summed E-state index contributed by atoms with van der Waals surface area (Å²) in [5.74, 6) is 0.745. The Balaban J connectivity index is 2.06. The molecule has 1 aromatic rings. The Hall–Kier alpha value is -0.830. The number of carbonyl (C=O) groups excluding carboxylic acids is 1. The number of carbonyl (C=O) groups is 1. The van der Waals surface area contributed by atoms with Crippen molar-refractivity contribution < 1.29 is 4.79 Å². The number of halogens is 1. The first kappa shape index (κ1) is 10.7. The molecular weight excluding hydrogens is 254 g/mol. The number of nitrogens with one attached hydrogen (secondary N) is 1. The molecule has 0 unspecified atom stereocenters. The van der Waals surface area contributed by atoms with E-state index in [1.165, 1.54) is 12.8 Å². The third-order valence-electron chi connectivity index (χ3n) is 2.68. The Morgan fingerprint density at radius 2 is 2.27 bits per heavy atom. The van der Waals surface area contributed by atoms with Gasteiger partial charge in [-0.05, 0) is 53.2 Å². The van der Waals surface area contributed by atoms with Crippen LogP contribution in [0.15, 0.2) is 22.7 Å². The van der Waals surface area contributed by atoms with Gasteiger partial charge in [0.05, 0.1) is 5.56 Å². The summed E-state index contributed by atoms with van der Waals surface area (Å²) < 4.78 is 0.901. The maximum atomic E-state index is 11.8. The van der Waals surface area contributed by atoms with Crippen molar-refractivity contribution in [3.05, 3.63) is 33.8 Å². The zero-order chi connectivity index (χ0) is 10.8. The SMILES string of the molecule is Cc1cccc(C(=O)NCC2CC2)c1Br. The van der Waals surface area contributed by atoms with Crippen molar-refractivity contribution in [3.8, 4) is 0 Å². The van der Waals surface area contributed by atoms with Crippen LogP contribution in [-0.4, -0.2) is 12.5 Å². The molecule has 0 spiro atoms. The largest absolute Gasteiger partial charge is 0.352 e. The fraction of sp³-hybridized carbons (Fsp3) is 0.417. The summed E-state index contributed by atoms with van der Waals surface area (Å²) >= 11 is 3.44. The number of hydrogen-bond donors (Lipinski definition) is 1. The average Bonchev–Trinajstić information content (AvgIpc) is 3.02. The Morgan fingerprint density at radius 3 is 2.93 bits per heavy atom. The molecule has 0 aromatic heterocycles. The van der Waals surface area contributed by atoms with Crippen molar-refractivity contribution in [1.29, 1.82) is 0 Å². The van der Waals surface area contributed by atoms with Crippen LogP contribution in [0.1, 0.15) is 28.8 Å². The maximum absolute atomic E-state index is 11.8. The van der Waals surface area contributed by atoms with Crippen molar-refractivity contribution in [2.24, 2.45) is 5.92 Å². The highest BCUT2D eigenvalue weighted by Gasteiger charge is 2.22. The highest BCUT2D eigenvalue weighted by atomic mass is 79.9. The van der Waals surface area contributed by atoms with Crippen molar-refractivity contribution in [3.63, 3.8) is 0 Å². The number of amides is 1. The fourth-order valence-corrected chi connectivity index (χ4v) is 1.92. The van der Waals surface area contributed by atoms with Crippen LogP contribution in [0, 0.1) is 12.8 Å². The van der Waals surface area contributed by atoms with E-state index in [1.807, 2.05) is 25.1 Å². The first-order valence-corrected chi connectivity index (χ1v) is 6.01. The average molecular weight is 268 g/mol. The van der Waals surface area contributed by atoms with Crippen LogP contribution in [0.25, 0.3) is 0 Å². The molecule has 2 rings (SSSR count). The minimum Gasteiger partial charge on any atom is -0.352 e. The Morgan fingerprint density at radius 1 is 1.53 bits per heavy atom. The maximum Gasteiger partial charge on any atom is 0.252 e. The van der Waals surface area contributed by atoms with E-state index in [2.05, 4.69) is 21.2 Å². The number of hydrogen-bond acceptors (Lipinski definition) is 1. The van der Waals surface area contributed by atoms with E-state index in [0.29, 0.717) is 0 Å². The van der Waals surface area contributed by atoms with Gasteiger partial charge in [-0.25, -0.2) is 0 Å². The summed E-state index contributed by atoms with van der Waals surface area (Å²) in [6.45, 7) is 2.81. The Labute approximate surface area is 98.2 Å². The minimum atomic E-state index is 0.0254. The van der Waals surface area contributed by atoms with Gasteiger partial charge in [-0.1, -0.05) is 12.1 Å². The van der Waals surface area contributed by atoms with Gasteiger partial charge in [0.25, 0.3) is 5.91 Å². The summed E-state index contributed by atoms with van der Waals surface area (Å²) in [6.07, 6.45) is 2.52. The van der Waals surface area contributed by atoms with Gasteiger partial charge in [0.2, 0.25) is 0 Å². The molecule has 0 saturated heterocycles. The minimum absolute atomic E-state index is 0.0254. The van der Waals surface area contributed by atoms with E-state index in [1.54, 1.807) is 0 Å². The molecule has 0 atom stereocenters. The normalized spacial score (nSPS) is 15.1. The highest BCUT2D eigenvalue weighted by molar-refractivity contribution is 9.10. The number of rotatable bonds is 3. The molecule has 80 valence electrons. The molecule has 0 heterocycles. The lowest BCUT2D eigenvalue weighted by Crippen LogP contribution is -2.25. The van der Waals surface area contributed by atoms with Crippen molar-refractivity contribution in [2.45, 2.75) is 19.8 Å². The number of benzene rings is 1. The number of aryl methyl sites for hydroxylation is 1. The van der Waals surface area contributed by atoms with Crippen molar-refractivity contribution >= 4 is 21.8 Å². The Kier molecular flexibility index (Phi) is 3.10. The lowest BCUT2D eigenvalue weighted by atomic mass is 10.1. The monoisotopic (exact) mass is 267 g/mol. The molecule has 1 saturated carbocycles. The molecule has 1 aliphatic rings. The van der Waals surface area contributed by atoms with Gasteiger partial charge in [-0.3, -0.25) is 4.79 Å². The molecule has 1 N–H and O–H groups in total. The zero-order valence-electron chi connectivity index (χ0n) is 8.72. The molecule has 3 heteroatoms. The van der Waals surface area contributed by atoms with Gasteiger partial charge in [0.15, 0.2) is 0 Å². The third kappa shape index (κ3) is 2.59. The molecule has 1 aromatic carbocycles. The second kappa shape index (κ2) is 4.35. The highest BCUT2D eigenvalue weighted by Crippen LogP contribution is 2.28. The van der Waals surface area contributed by atoms with E-state index >= 15 is 0 Å². The van der Waals surface area contributed by atoms with Gasteiger partial charge in [-0.2, -0.15) is 0 Å². The van der Waals surface area contributed by atoms with Gasteiger partial charge in [0.1, 0.15) is 0 Å². The summed E-state index contributed by atoms with van der Waals surface area (Å²) in [5.41, 5.74) is 1.82. The molecule has 0 bridgehead atoms. The zero-order valence-corrected chi connectivity index (χ0v) is 10.3. The second-order valence-corrected chi connectivity index (χ2v) is 4.88. The molecule has 15 heavy (non-hydrogen) atoms. The van der Waals surface area contributed by atoms with Gasteiger partial charge in [-0.15, -0.1) is 0 Å². The van der Waals surface area contributed by atoms with Gasteiger partial charge in [0, 0.05) is 11.0 Å². The fourth-order valence-electron chi connectivity index (χ4n) is 1.48. The molecule has 2 nitrogen and oxygen atoms in total. The van der Waals surface area contributed by atoms with E-state index in [-0.39, 0.29) is 5.91 Å².